The van der Waals surface area contributed by atoms with Crippen molar-refractivity contribution < 1.29 is 23.0 Å². The van der Waals surface area contributed by atoms with Crippen molar-refractivity contribution in [3.8, 4) is 11.5 Å². The molecule has 0 heterocycles. The van der Waals surface area contributed by atoms with Crippen LogP contribution in [0.1, 0.15) is 42.9 Å². The number of methoxy groups -OCH3 is 2. The van der Waals surface area contributed by atoms with E-state index in [1.54, 1.807) is 80.9 Å². The lowest BCUT2D eigenvalue weighted by atomic mass is 9.67. The van der Waals surface area contributed by atoms with E-state index < -0.39 is 21.5 Å². The van der Waals surface area contributed by atoms with Gasteiger partial charge in [0.25, 0.3) is 0 Å². The molecular weight excluding hydrogens is 438 g/mol. The van der Waals surface area contributed by atoms with Gasteiger partial charge in [-0.05, 0) is 52.9 Å². The van der Waals surface area contributed by atoms with E-state index in [1.165, 1.54) is 6.07 Å². The zero-order valence-electron chi connectivity index (χ0n) is 19.4. The number of rotatable bonds is 9. The van der Waals surface area contributed by atoms with Crippen LogP contribution >= 0.6 is 0 Å². The van der Waals surface area contributed by atoms with Gasteiger partial charge in [-0.25, -0.2) is 13.6 Å². The molecule has 7 heteroatoms. The molecular formula is C26H31NO5S. The van der Waals surface area contributed by atoms with Gasteiger partial charge in [-0.1, -0.05) is 62.7 Å². The number of benzene rings is 3. The maximum Gasteiger partial charge on any atom is 0.238 e. The van der Waals surface area contributed by atoms with Crippen LogP contribution in [0, 0.1) is 5.92 Å². The molecule has 6 nitrogen and oxygen atoms in total. The summed E-state index contributed by atoms with van der Waals surface area (Å²) in [5.74, 6) is 0.600. The van der Waals surface area contributed by atoms with Gasteiger partial charge in [-0.3, -0.25) is 0 Å². The summed E-state index contributed by atoms with van der Waals surface area (Å²) in [6, 6.07) is 21.0. The van der Waals surface area contributed by atoms with Crippen molar-refractivity contribution in [2.45, 2.75) is 36.7 Å². The number of aliphatic hydroxyl groups is 1. The molecule has 0 saturated heterocycles. The predicted octanol–water partition coefficient (Wildman–Crippen LogP) is 4.42. The zero-order chi connectivity index (χ0) is 24.2. The number of primary sulfonamides is 1. The van der Waals surface area contributed by atoms with Gasteiger partial charge in [0.2, 0.25) is 10.0 Å². The Labute approximate surface area is 196 Å². The highest BCUT2D eigenvalue weighted by atomic mass is 32.2. The number of hydrogen-bond acceptors (Lipinski definition) is 5. The second-order valence-electron chi connectivity index (χ2n) is 8.17. The third kappa shape index (κ3) is 4.90. The summed E-state index contributed by atoms with van der Waals surface area (Å²) in [5.41, 5.74) is 0.142. The number of hydrogen-bond donors (Lipinski definition) is 2. The molecule has 3 aromatic carbocycles. The molecule has 0 aliphatic heterocycles. The first-order chi connectivity index (χ1) is 15.7. The average molecular weight is 470 g/mol. The van der Waals surface area contributed by atoms with Crippen molar-refractivity contribution in [1.29, 1.82) is 0 Å². The maximum absolute atomic E-state index is 12.6. The van der Waals surface area contributed by atoms with Crippen LogP contribution in [0.5, 0.6) is 11.5 Å². The molecule has 3 rings (SSSR count). The van der Waals surface area contributed by atoms with E-state index >= 15 is 0 Å². The minimum atomic E-state index is -4.02. The first-order valence-electron chi connectivity index (χ1n) is 10.8. The Morgan fingerprint density at radius 2 is 1.33 bits per heavy atom. The molecule has 2 atom stereocenters. The normalized spacial score (nSPS) is 13.9. The summed E-state index contributed by atoms with van der Waals surface area (Å²) in [5, 5.41) is 18.2. The Balaban J connectivity index is 2.36. The molecule has 0 aromatic heterocycles. The number of nitrogens with two attached hydrogens (primary N) is 1. The predicted molar refractivity (Wildman–Crippen MR) is 129 cm³/mol. The topological polar surface area (TPSA) is 98.9 Å². The second-order valence-corrected chi connectivity index (χ2v) is 9.70. The van der Waals surface area contributed by atoms with Crippen LogP contribution in [0.3, 0.4) is 0 Å². The van der Waals surface area contributed by atoms with Crippen LogP contribution in [-0.4, -0.2) is 27.7 Å². The molecule has 0 amide bonds. The third-order valence-electron chi connectivity index (χ3n) is 6.28. The van der Waals surface area contributed by atoms with E-state index in [-0.39, 0.29) is 10.8 Å². The van der Waals surface area contributed by atoms with Gasteiger partial charge in [0.05, 0.1) is 19.1 Å². The van der Waals surface area contributed by atoms with Crippen molar-refractivity contribution in [2.75, 3.05) is 14.2 Å². The quantitative estimate of drug-likeness (QED) is 0.483. The van der Waals surface area contributed by atoms with Crippen LogP contribution in [0.2, 0.25) is 0 Å². The van der Waals surface area contributed by atoms with E-state index in [0.717, 1.165) is 0 Å². The second kappa shape index (κ2) is 9.95. The van der Waals surface area contributed by atoms with E-state index in [1.807, 2.05) is 13.8 Å². The molecule has 0 saturated carbocycles. The Kier molecular flexibility index (Phi) is 7.47. The maximum atomic E-state index is 12.6. The van der Waals surface area contributed by atoms with Crippen molar-refractivity contribution in [3.63, 3.8) is 0 Å². The van der Waals surface area contributed by atoms with Crippen LogP contribution in [0.25, 0.3) is 0 Å². The lowest BCUT2D eigenvalue weighted by Crippen LogP contribution is -2.39. The minimum Gasteiger partial charge on any atom is -0.497 e. The lowest BCUT2D eigenvalue weighted by molar-refractivity contribution is 0.0274. The summed E-state index contributed by atoms with van der Waals surface area (Å²) >= 11 is 0. The molecule has 0 aliphatic carbocycles. The van der Waals surface area contributed by atoms with Crippen molar-refractivity contribution in [3.05, 3.63) is 89.5 Å². The Morgan fingerprint density at radius 3 is 1.73 bits per heavy atom. The summed E-state index contributed by atoms with van der Waals surface area (Å²) in [6.45, 7) is 4.02. The SMILES string of the molecule is CC[C@H](C)[C@@H](c1ccccc1S(N)(=O)=O)C(O)(c1ccc(OC)cc1)c1ccc(OC)cc1. The molecule has 176 valence electrons. The highest BCUT2D eigenvalue weighted by Crippen LogP contribution is 2.49. The molecule has 0 spiro atoms. The molecule has 0 fully saturated rings. The third-order valence-corrected chi connectivity index (χ3v) is 7.27. The molecule has 3 N–H and O–H groups in total. The van der Waals surface area contributed by atoms with Gasteiger partial charge < -0.3 is 14.6 Å². The standard InChI is InChI=1S/C26H31NO5S/c1-5-18(2)25(23-8-6-7-9-24(23)33(27,29)30)26(28,19-10-14-21(31-3)15-11-19)20-12-16-22(32-4)17-13-20/h6-18,25,28H,5H2,1-4H3,(H2,27,29,30)/t18-,25-/m0/s1. The van der Waals surface area contributed by atoms with Crippen LogP contribution in [0.15, 0.2) is 77.7 Å². The first kappa shape index (κ1) is 24.8. The molecule has 0 bridgehead atoms. The summed E-state index contributed by atoms with van der Waals surface area (Å²) in [6.07, 6.45) is 0.707. The van der Waals surface area contributed by atoms with Crippen molar-refractivity contribution >= 4 is 10.0 Å². The van der Waals surface area contributed by atoms with Crippen LogP contribution < -0.4 is 14.6 Å². The fourth-order valence-corrected chi connectivity index (χ4v) is 5.18. The highest BCUT2D eigenvalue weighted by molar-refractivity contribution is 7.89. The summed E-state index contributed by atoms with van der Waals surface area (Å²) < 4.78 is 35.6. The fourth-order valence-electron chi connectivity index (χ4n) is 4.39. The van der Waals surface area contributed by atoms with E-state index in [9.17, 15) is 13.5 Å². The van der Waals surface area contributed by atoms with E-state index in [0.29, 0.717) is 34.6 Å². The van der Waals surface area contributed by atoms with E-state index in [4.69, 9.17) is 14.6 Å². The fraction of sp³-hybridized carbons (Fsp3) is 0.308. The smallest absolute Gasteiger partial charge is 0.238 e. The summed E-state index contributed by atoms with van der Waals surface area (Å²) in [7, 11) is -0.861. The Bertz CT molecular complexity index is 1130. The zero-order valence-corrected chi connectivity index (χ0v) is 20.2. The van der Waals surface area contributed by atoms with Crippen molar-refractivity contribution in [1.82, 2.24) is 0 Å². The van der Waals surface area contributed by atoms with Gasteiger partial charge in [0, 0.05) is 5.92 Å². The van der Waals surface area contributed by atoms with Crippen molar-refractivity contribution in [2.24, 2.45) is 11.1 Å². The van der Waals surface area contributed by atoms with Gasteiger partial charge in [-0.15, -0.1) is 0 Å². The largest absolute Gasteiger partial charge is 0.497 e. The molecule has 33 heavy (non-hydrogen) atoms. The minimum absolute atomic E-state index is 0.00995. The monoisotopic (exact) mass is 469 g/mol. The number of sulfonamides is 1. The van der Waals surface area contributed by atoms with Crippen LogP contribution in [0.4, 0.5) is 0 Å². The number of ether oxygens (including phenoxy) is 2. The summed E-state index contributed by atoms with van der Waals surface area (Å²) in [4.78, 5) is 0.00995. The van der Waals surface area contributed by atoms with Crippen LogP contribution in [-0.2, 0) is 15.6 Å². The lowest BCUT2D eigenvalue weighted by Gasteiger charge is -2.41. The Morgan fingerprint density at radius 1 is 0.879 bits per heavy atom. The van der Waals surface area contributed by atoms with Gasteiger partial charge in [0.1, 0.15) is 17.1 Å². The molecule has 0 radical (unpaired) electrons. The van der Waals surface area contributed by atoms with E-state index in [2.05, 4.69) is 0 Å². The average Bonchev–Trinajstić information content (AvgIpc) is 2.83. The first-order valence-corrected chi connectivity index (χ1v) is 12.3. The molecule has 0 aliphatic rings. The Hall–Kier alpha value is -2.87. The van der Waals surface area contributed by atoms with Gasteiger partial charge >= 0.3 is 0 Å². The van der Waals surface area contributed by atoms with Gasteiger partial charge in [0.15, 0.2) is 0 Å². The highest BCUT2D eigenvalue weighted by Gasteiger charge is 2.45. The van der Waals surface area contributed by atoms with Gasteiger partial charge in [-0.2, -0.15) is 0 Å². The molecule has 3 aromatic rings. The molecule has 0 unspecified atom stereocenters.